The minimum Gasteiger partial charge on any atom is -0.461 e. The molecule has 0 heterocycles. The lowest BCUT2D eigenvalue weighted by atomic mass is 9.85. The molecule has 4 nitrogen and oxygen atoms in total. The monoisotopic (exact) mass is 429 g/mol. The van der Waals surface area contributed by atoms with Crippen molar-refractivity contribution in [3.63, 3.8) is 0 Å². The number of hydrogen-bond donors (Lipinski definition) is 1. The predicted octanol–water partition coefficient (Wildman–Crippen LogP) is 4.61. The van der Waals surface area contributed by atoms with Crippen molar-refractivity contribution >= 4 is 32.9 Å². The highest BCUT2D eigenvalue weighted by atomic mass is 79.9. The second kappa shape index (κ2) is 8.60. The second-order valence-electron chi connectivity index (χ2n) is 7.48. The van der Waals surface area contributed by atoms with E-state index < -0.39 is 27.2 Å². The van der Waals surface area contributed by atoms with E-state index in [0.29, 0.717) is 12.0 Å². The van der Waals surface area contributed by atoms with Crippen LogP contribution in [0.1, 0.15) is 53.5 Å². The summed E-state index contributed by atoms with van der Waals surface area (Å²) in [5.74, 6) is -0.453. The average Bonchev–Trinajstić information content (AvgIpc) is 2.44. The van der Waals surface area contributed by atoms with Gasteiger partial charge in [0.2, 0.25) is 0 Å². The molecule has 0 bridgehead atoms. The Bertz CT molecular complexity index is 650. The number of esters is 1. The van der Waals surface area contributed by atoms with Crippen LogP contribution in [0.5, 0.6) is 0 Å². The Morgan fingerprint density at radius 3 is 2.20 bits per heavy atom. The Labute approximate surface area is 162 Å². The molecule has 0 aliphatic rings. The van der Waals surface area contributed by atoms with Crippen LogP contribution in [0.2, 0.25) is 0 Å². The van der Waals surface area contributed by atoms with Crippen LogP contribution in [-0.2, 0) is 26.1 Å². The fourth-order valence-electron chi connectivity index (χ4n) is 2.24. The van der Waals surface area contributed by atoms with Gasteiger partial charge in [-0.2, -0.15) is 0 Å². The fraction of sp³-hybridized carbons (Fsp3) is 0.526. The normalized spacial score (nSPS) is 15.5. The molecule has 0 spiro atoms. The topological polar surface area (TPSA) is 55.4 Å². The van der Waals surface area contributed by atoms with E-state index in [9.17, 15) is 9.00 Å². The van der Waals surface area contributed by atoms with Gasteiger partial charge < -0.3 is 4.74 Å². The summed E-state index contributed by atoms with van der Waals surface area (Å²) in [6.07, 6.45) is 0.0134. The fourth-order valence-corrected chi connectivity index (χ4v) is 3.40. The summed E-state index contributed by atoms with van der Waals surface area (Å²) in [5.41, 5.74) is 0.235. The first-order valence-electron chi connectivity index (χ1n) is 8.19. The van der Waals surface area contributed by atoms with Gasteiger partial charge in [-0.1, -0.05) is 33.6 Å². The molecule has 2 unspecified atom stereocenters. The van der Waals surface area contributed by atoms with Gasteiger partial charge >= 0.3 is 5.97 Å². The second-order valence-corrected chi connectivity index (χ2v) is 10.4. The zero-order chi connectivity index (χ0) is 19.4. The maximum atomic E-state index is 13.1. The van der Waals surface area contributed by atoms with Crippen LogP contribution in [0.4, 0.5) is 0 Å². The van der Waals surface area contributed by atoms with Crippen molar-refractivity contribution in [1.82, 2.24) is 4.72 Å². The largest absolute Gasteiger partial charge is 0.461 e. The number of carbonyl (C=O) groups is 1. The molecule has 1 aromatic rings. The SMILES string of the molecule is C=C(C)CC(NS(=O)C(C)(C)C)(C(=O)OC(C)C)c1ccc(Br)cc1. The Balaban J connectivity index is 3.51. The molecule has 140 valence electrons. The summed E-state index contributed by atoms with van der Waals surface area (Å²) >= 11 is 3.41. The molecule has 1 aromatic carbocycles. The molecule has 2 atom stereocenters. The first-order chi connectivity index (χ1) is 11.4. The summed E-state index contributed by atoms with van der Waals surface area (Å²) in [6.45, 7) is 15.0. The van der Waals surface area contributed by atoms with E-state index >= 15 is 0 Å². The van der Waals surface area contributed by atoms with Crippen molar-refractivity contribution in [2.24, 2.45) is 0 Å². The standard InChI is InChI=1S/C19H28BrNO3S/c1-13(2)12-19(17(22)24-14(3)4,21-25(23)18(5,6)7)15-8-10-16(20)11-9-15/h8-11,14,21H,1,12H2,2-7H3. The van der Waals surface area contributed by atoms with Gasteiger partial charge in [0, 0.05) is 10.9 Å². The minimum atomic E-state index is -1.47. The van der Waals surface area contributed by atoms with Crippen LogP contribution < -0.4 is 4.72 Å². The van der Waals surface area contributed by atoms with Crippen molar-refractivity contribution in [2.75, 3.05) is 0 Å². The lowest BCUT2D eigenvalue weighted by Gasteiger charge is -2.35. The highest BCUT2D eigenvalue weighted by molar-refractivity contribution is 9.10. The Morgan fingerprint density at radius 1 is 1.28 bits per heavy atom. The number of rotatable bonds is 7. The third-order valence-corrected chi connectivity index (χ3v) is 5.59. The number of ether oxygens (including phenoxy) is 1. The molecule has 0 aliphatic heterocycles. The number of nitrogens with one attached hydrogen (secondary N) is 1. The summed E-state index contributed by atoms with van der Waals surface area (Å²) in [5, 5.41) is 0. The number of carbonyl (C=O) groups excluding carboxylic acids is 1. The third kappa shape index (κ3) is 6.04. The highest BCUT2D eigenvalue weighted by Gasteiger charge is 2.45. The van der Waals surface area contributed by atoms with E-state index in [-0.39, 0.29) is 6.10 Å². The molecular formula is C19H28BrNO3S. The van der Waals surface area contributed by atoms with Gasteiger partial charge in [0.15, 0.2) is 5.54 Å². The zero-order valence-corrected chi connectivity index (χ0v) is 18.2. The summed E-state index contributed by atoms with van der Waals surface area (Å²) in [4.78, 5) is 13.1. The maximum absolute atomic E-state index is 13.1. The molecule has 0 fully saturated rings. The van der Waals surface area contributed by atoms with Crippen LogP contribution in [-0.4, -0.2) is 21.0 Å². The van der Waals surface area contributed by atoms with Crippen molar-refractivity contribution in [3.8, 4) is 0 Å². The van der Waals surface area contributed by atoms with Crippen molar-refractivity contribution in [1.29, 1.82) is 0 Å². The predicted molar refractivity (Wildman–Crippen MR) is 108 cm³/mol. The van der Waals surface area contributed by atoms with Crippen LogP contribution in [0.3, 0.4) is 0 Å². The summed E-state index contributed by atoms with van der Waals surface area (Å²) in [6, 6.07) is 7.38. The molecule has 6 heteroatoms. The molecule has 0 saturated heterocycles. The lowest BCUT2D eigenvalue weighted by molar-refractivity contribution is -0.155. The first kappa shape index (κ1) is 22.1. The van der Waals surface area contributed by atoms with Gasteiger partial charge in [-0.3, -0.25) is 0 Å². The molecule has 0 aliphatic carbocycles. The molecule has 0 saturated carbocycles. The summed E-state index contributed by atoms with van der Waals surface area (Å²) < 4.78 is 21.8. The number of benzene rings is 1. The minimum absolute atomic E-state index is 0.280. The van der Waals surface area contributed by atoms with Crippen LogP contribution in [0, 0.1) is 0 Å². The maximum Gasteiger partial charge on any atom is 0.332 e. The van der Waals surface area contributed by atoms with Crippen LogP contribution in [0.15, 0.2) is 40.9 Å². The van der Waals surface area contributed by atoms with E-state index in [1.165, 1.54) is 0 Å². The van der Waals surface area contributed by atoms with Gasteiger partial charge in [-0.15, -0.1) is 6.58 Å². The van der Waals surface area contributed by atoms with Crippen molar-refractivity contribution in [3.05, 3.63) is 46.5 Å². The first-order valence-corrected chi connectivity index (χ1v) is 10.1. The molecule has 0 radical (unpaired) electrons. The van der Waals surface area contributed by atoms with E-state index in [0.717, 1.165) is 10.0 Å². The van der Waals surface area contributed by atoms with Crippen LogP contribution >= 0.6 is 15.9 Å². The lowest BCUT2D eigenvalue weighted by Crippen LogP contribution is -2.54. The van der Waals surface area contributed by atoms with Gasteiger partial charge in [-0.25, -0.2) is 13.7 Å². The van der Waals surface area contributed by atoms with E-state index in [1.54, 1.807) is 13.8 Å². The molecule has 0 amide bonds. The van der Waals surface area contributed by atoms with Crippen molar-refractivity contribution in [2.45, 2.75) is 64.4 Å². The van der Waals surface area contributed by atoms with Gasteiger partial charge in [0.05, 0.1) is 21.8 Å². The smallest absolute Gasteiger partial charge is 0.332 e. The Hall–Kier alpha value is -0.980. The average molecular weight is 430 g/mol. The van der Waals surface area contributed by atoms with E-state index in [4.69, 9.17) is 4.74 Å². The van der Waals surface area contributed by atoms with Crippen molar-refractivity contribution < 1.29 is 13.7 Å². The summed E-state index contributed by atoms with van der Waals surface area (Å²) in [7, 11) is -1.47. The van der Waals surface area contributed by atoms with Crippen LogP contribution in [0.25, 0.3) is 0 Å². The van der Waals surface area contributed by atoms with E-state index in [2.05, 4.69) is 27.2 Å². The molecule has 25 heavy (non-hydrogen) atoms. The molecular weight excluding hydrogens is 402 g/mol. The molecule has 1 rings (SSSR count). The van der Waals surface area contributed by atoms with E-state index in [1.807, 2.05) is 52.0 Å². The van der Waals surface area contributed by atoms with Gasteiger partial charge in [0.1, 0.15) is 0 Å². The highest BCUT2D eigenvalue weighted by Crippen LogP contribution is 2.33. The zero-order valence-electron chi connectivity index (χ0n) is 15.8. The van der Waals surface area contributed by atoms with Gasteiger partial charge in [-0.05, 0) is 59.2 Å². The quantitative estimate of drug-likeness (QED) is 0.508. The Morgan fingerprint density at radius 2 is 1.80 bits per heavy atom. The number of hydrogen-bond acceptors (Lipinski definition) is 3. The molecule has 1 N–H and O–H groups in total. The number of halogens is 1. The van der Waals surface area contributed by atoms with Gasteiger partial charge in [0.25, 0.3) is 0 Å². The third-order valence-electron chi connectivity index (χ3n) is 3.42. The Kier molecular flexibility index (Phi) is 7.59. The molecule has 0 aromatic heterocycles.